The van der Waals surface area contributed by atoms with E-state index in [1.54, 1.807) is 0 Å². The van der Waals surface area contributed by atoms with Crippen LogP contribution in [0.4, 0.5) is 0 Å². The van der Waals surface area contributed by atoms with E-state index in [0.717, 1.165) is 18.4 Å². The SMILES string of the molecule is CC(C)CN1CC(C(C)C)NCC1(C)C. The average molecular weight is 212 g/mol. The van der Waals surface area contributed by atoms with Crippen LogP contribution in [0.2, 0.25) is 0 Å². The number of nitrogens with zero attached hydrogens (tertiary/aromatic N) is 1. The van der Waals surface area contributed by atoms with E-state index in [-0.39, 0.29) is 0 Å². The fourth-order valence-electron chi connectivity index (χ4n) is 2.25. The quantitative estimate of drug-likeness (QED) is 0.772. The van der Waals surface area contributed by atoms with Crippen molar-refractivity contribution in [1.29, 1.82) is 0 Å². The van der Waals surface area contributed by atoms with Crippen LogP contribution < -0.4 is 5.32 Å². The van der Waals surface area contributed by atoms with Crippen LogP contribution in [0.15, 0.2) is 0 Å². The average Bonchev–Trinajstić information content (AvgIpc) is 2.07. The molecule has 1 N–H and O–H groups in total. The molecule has 1 fully saturated rings. The van der Waals surface area contributed by atoms with Gasteiger partial charge in [-0.2, -0.15) is 0 Å². The highest BCUT2D eigenvalue weighted by molar-refractivity contribution is 4.93. The molecule has 2 nitrogen and oxygen atoms in total. The lowest BCUT2D eigenvalue weighted by molar-refractivity contribution is 0.0445. The van der Waals surface area contributed by atoms with Gasteiger partial charge in [0.2, 0.25) is 0 Å². The molecule has 1 aliphatic heterocycles. The minimum absolute atomic E-state index is 0.315. The minimum atomic E-state index is 0.315. The monoisotopic (exact) mass is 212 g/mol. The van der Waals surface area contributed by atoms with E-state index < -0.39 is 0 Å². The summed E-state index contributed by atoms with van der Waals surface area (Å²) in [5, 5.41) is 3.67. The van der Waals surface area contributed by atoms with Crippen LogP contribution in [0.3, 0.4) is 0 Å². The van der Waals surface area contributed by atoms with Gasteiger partial charge in [0.25, 0.3) is 0 Å². The van der Waals surface area contributed by atoms with E-state index in [2.05, 4.69) is 51.8 Å². The molecule has 1 rings (SSSR count). The summed E-state index contributed by atoms with van der Waals surface area (Å²) in [6.45, 7) is 17.5. The molecule has 0 bridgehead atoms. The van der Waals surface area contributed by atoms with E-state index in [0.29, 0.717) is 11.6 Å². The summed E-state index contributed by atoms with van der Waals surface area (Å²) >= 11 is 0. The standard InChI is InChI=1S/C13H28N2/c1-10(2)7-15-8-12(11(3)4)14-9-13(15,5)6/h10-12,14H,7-9H2,1-6H3. The third-order valence-corrected chi connectivity index (χ3v) is 3.46. The fraction of sp³-hybridized carbons (Fsp3) is 1.00. The zero-order chi connectivity index (χ0) is 11.6. The Labute approximate surface area is 95.4 Å². The second kappa shape index (κ2) is 4.84. The highest BCUT2D eigenvalue weighted by atomic mass is 15.3. The first kappa shape index (κ1) is 13.0. The molecule has 15 heavy (non-hydrogen) atoms. The third-order valence-electron chi connectivity index (χ3n) is 3.46. The van der Waals surface area contributed by atoms with E-state index in [1.807, 2.05) is 0 Å². The first-order valence-corrected chi connectivity index (χ1v) is 6.31. The molecule has 1 aliphatic rings. The van der Waals surface area contributed by atoms with Crippen molar-refractivity contribution in [1.82, 2.24) is 10.2 Å². The summed E-state index contributed by atoms with van der Waals surface area (Å²) in [6.07, 6.45) is 0. The summed E-state index contributed by atoms with van der Waals surface area (Å²) in [5.41, 5.74) is 0.315. The Morgan fingerprint density at radius 2 is 1.87 bits per heavy atom. The molecule has 90 valence electrons. The van der Waals surface area contributed by atoms with Gasteiger partial charge < -0.3 is 5.32 Å². The lowest BCUT2D eigenvalue weighted by Gasteiger charge is -2.48. The van der Waals surface area contributed by atoms with Gasteiger partial charge in [0.05, 0.1) is 0 Å². The summed E-state index contributed by atoms with van der Waals surface area (Å²) in [7, 11) is 0. The van der Waals surface area contributed by atoms with E-state index in [9.17, 15) is 0 Å². The fourth-order valence-corrected chi connectivity index (χ4v) is 2.25. The number of hydrogen-bond donors (Lipinski definition) is 1. The van der Waals surface area contributed by atoms with Crippen molar-refractivity contribution in [3.05, 3.63) is 0 Å². The number of hydrogen-bond acceptors (Lipinski definition) is 2. The van der Waals surface area contributed by atoms with E-state index in [1.165, 1.54) is 13.1 Å². The molecular weight excluding hydrogens is 184 g/mol. The van der Waals surface area contributed by atoms with Crippen molar-refractivity contribution in [3.8, 4) is 0 Å². The zero-order valence-electron chi connectivity index (χ0n) is 11.3. The Balaban J connectivity index is 2.62. The van der Waals surface area contributed by atoms with Crippen molar-refractivity contribution in [2.45, 2.75) is 53.1 Å². The molecule has 0 aliphatic carbocycles. The van der Waals surface area contributed by atoms with Crippen molar-refractivity contribution < 1.29 is 0 Å². The van der Waals surface area contributed by atoms with Crippen molar-refractivity contribution >= 4 is 0 Å². The number of piperazine rings is 1. The van der Waals surface area contributed by atoms with E-state index in [4.69, 9.17) is 0 Å². The minimum Gasteiger partial charge on any atom is -0.311 e. The highest BCUT2D eigenvalue weighted by Gasteiger charge is 2.34. The van der Waals surface area contributed by atoms with Crippen molar-refractivity contribution in [2.24, 2.45) is 11.8 Å². The second-order valence-corrected chi connectivity index (χ2v) is 6.34. The molecule has 0 amide bonds. The Morgan fingerprint density at radius 1 is 1.27 bits per heavy atom. The normalized spacial score (nSPS) is 27.6. The van der Waals surface area contributed by atoms with Crippen LogP contribution in [-0.4, -0.2) is 36.1 Å². The second-order valence-electron chi connectivity index (χ2n) is 6.34. The molecule has 1 atom stereocenters. The Morgan fingerprint density at radius 3 is 2.33 bits per heavy atom. The smallest absolute Gasteiger partial charge is 0.0278 e. The Kier molecular flexibility index (Phi) is 4.19. The molecule has 0 aromatic rings. The van der Waals surface area contributed by atoms with Gasteiger partial charge in [0, 0.05) is 31.2 Å². The maximum atomic E-state index is 3.67. The van der Waals surface area contributed by atoms with Gasteiger partial charge >= 0.3 is 0 Å². The molecule has 0 aromatic carbocycles. The van der Waals surface area contributed by atoms with Crippen LogP contribution in [-0.2, 0) is 0 Å². The van der Waals surface area contributed by atoms with Gasteiger partial charge in [-0.15, -0.1) is 0 Å². The Bertz CT molecular complexity index is 197. The molecule has 1 unspecified atom stereocenters. The molecule has 0 aromatic heterocycles. The topological polar surface area (TPSA) is 15.3 Å². The van der Waals surface area contributed by atoms with Gasteiger partial charge in [-0.1, -0.05) is 27.7 Å². The predicted octanol–water partition coefficient (Wildman–Crippen LogP) is 2.35. The highest BCUT2D eigenvalue weighted by Crippen LogP contribution is 2.22. The molecule has 0 saturated carbocycles. The summed E-state index contributed by atoms with van der Waals surface area (Å²) < 4.78 is 0. The molecule has 2 heteroatoms. The zero-order valence-corrected chi connectivity index (χ0v) is 11.3. The maximum Gasteiger partial charge on any atom is 0.0278 e. The Hall–Kier alpha value is -0.0800. The maximum absolute atomic E-state index is 3.67. The third kappa shape index (κ3) is 3.46. The predicted molar refractivity (Wildman–Crippen MR) is 67.1 cm³/mol. The first-order chi connectivity index (χ1) is 6.83. The first-order valence-electron chi connectivity index (χ1n) is 6.31. The van der Waals surface area contributed by atoms with E-state index >= 15 is 0 Å². The summed E-state index contributed by atoms with van der Waals surface area (Å²) in [6, 6.07) is 0.664. The van der Waals surface area contributed by atoms with Gasteiger partial charge in [-0.3, -0.25) is 4.90 Å². The molecular formula is C13H28N2. The summed E-state index contributed by atoms with van der Waals surface area (Å²) in [4.78, 5) is 2.65. The molecule has 0 radical (unpaired) electrons. The van der Waals surface area contributed by atoms with Crippen LogP contribution in [0.25, 0.3) is 0 Å². The van der Waals surface area contributed by atoms with Crippen molar-refractivity contribution in [2.75, 3.05) is 19.6 Å². The van der Waals surface area contributed by atoms with Crippen LogP contribution >= 0.6 is 0 Å². The number of rotatable bonds is 3. The van der Waals surface area contributed by atoms with Gasteiger partial charge in [0.15, 0.2) is 0 Å². The molecule has 0 spiro atoms. The van der Waals surface area contributed by atoms with Gasteiger partial charge in [-0.25, -0.2) is 0 Å². The van der Waals surface area contributed by atoms with Crippen molar-refractivity contribution in [3.63, 3.8) is 0 Å². The summed E-state index contributed by atoms with van der Waals surface area (Å²) in [5.74, 6) is 1.49. The van der Waals surface area contributed by atoms with Crippen LogP contribution in [0.5, 0.6) is 0 Å². The van der Waals surface area contributed by atoms with Gasteiger partial charge in [-0.05, 0) is 25.7 Å². The largest absolute Gasteiger partial charge is 0.311 e. The molecule has 1 heterocycles. The lowest BCUT2D eigenvalue weighted by atomic mass is 9.92. The van der Waals surface area contributed by atoms with Crippen LogP contribution in [0, 0.1) is 11.8 Å². The van der Waals surface area contributed by atoms with Crippen LogP contribution in [0.1, 0.15) is 41.5 Å². The van der Waals surface area contributed by atoms with Gasteiger partial charge in [0.1, 0.15) is 0 Å². The molecule has 1 saturated heterocycles. The lowest BCUT2D eigenvalue weighted by Crippen LogP contribution is -2.63. The number of nitrogens with one attached hydrogen (secondary N) is 1.